The Morgan fingerprint density at radius 2 is 1.84 bits per heavy atom. The predicted molar refractivity (Wildman–Crippen MR) is 127 cm³/mol. The number of nitrogens with one attached hydrogen (secondary N) is 2. The lowest BCUT2D eigenvalue weighted by atomic mass is 9.90. The maximum atomic E-state index is 14.5. The summed E-state index contributed by atoms with van der Waals surface area (Å²) < 4.78 is 20.5. The van der Waals surface area contributed by atoms with Gasteiger partial charge in [0.2, 0.25) is 5.91 Å². The van der Waals surface area contributed by atoms with Crippen molar-refractivity contribution in [3.05, 3.63) is 34.1 Å². The summed E-state index contributed by atoms with van der Waals surface area (Å²) in [5, 5.41) is 5.69. The van der Waals surface area contributed by atoms with Gasteiger partial charge in [-0.1, -0.05) is 47.4 Å². The smallest absolute Gasteiger partial charge is 0.252 e. The van der Waals surface area contributed by atoms with Crippen LogP contribution in [-0.4, -0.2) is 30.4 Å². The van der Waals surface area contributed by atoms with Crippen molar-refractivity contribution in [3.8, 4) is 5.75 Å². The first-order valence-corrected chi connectivity index (χ1v) is 12.8. The van der Waals surface area contributed by atoms with Crippen LogP contribution in [0.1, 0.15) is 65.7 Å². The van der Waals surface area contributed by atoms with E-state index in [1.54, 1.807) is 0 Å². The molecule has 0 heterocycles. The molecular formula is C23H33ClFN2O3P. The maximum Gasteiger partial charge on any atom is 0.252 e. The number of benzene rings is 1. The highest BCUT2D eigenvalue weighted by Crippen LogP contribution is 2.35. The number of ether oxygens (including phenoxy) is 1. The maximum absolute atomic E-state index is 14.5. The molecule has 31 heavy (non-hydrogen) atoms. The average Bonchev–Trinajstić information content (AvgIpc) is 2.76. The summed E-state index contributed by atoms with van der Waals surface area (Å²) in [4.78, 5) is 25.5. The summed E-state index contributed by atoms with van der Waals surface area (Å²) in [7, 11) is 0.600. The van der Waals surface area contributed by atoms with Crippen molar-refractivity contribution in [3.63, 3.8) is 0 Å². The minimum Gasteiger partial charge on any atom is -0.485 e. The van der Waals surface area contributed by atoms with Gasteiger partial charge in [-0.3, -0.25) is 9.59 Å². The fraction of sp³-hybridized carbons (Fsp3) is 0.565. The number of hydrogen-bond acceptors (Lipinski definition) is 3. The molecule has 0 aromatic heterocycles. The molecule has 0 saturated carbocycles. The van der Waals surface area contributed by atoms with Crippen LogP contribution >= 0.6 is 20.2 Å². The number of rotatable bonds is 11. The van der Waals surface area contributed by atoms with Gasteiger partial charge in [-0.2, -0.15) is 0 Å². The molecule has 0 aliphatic heterocycles. The normalized spacial score (nSPS) is 15.3. The molecule has 0 spiro atoms. The van der Waals surface area contributed by atoms with Crippen LogP contribution in [0.4, 0.5) is 10.1 Å². The molecule has 1 aromatic rings. The van der Waals surface area contributed by atoms with Crippen molar-refractivity contribution in [1.82, 2.24) is 5.32 Å². The molecule has 2 unspecified atom stereocenters. The molecule has 0 fully saturated rings. The van der Waals surface area contributed by atoms with Crippen LogP contribution in [0, 0.1) is 5.82 Å². The van der Waals surface area contributed by atoms with Crippen molar-refractivity contribution in [2.75, 3.05) is 18.0 Å². The Hall–Kier alpha value is -1.65. The quantitative estimate of drug-likeness (QED) is 0.307. The van der Waals surface area contributed by atoms with Gasteiger partial charge in [0.15, 0.2) is 0 Å². The van der Waals surface area contributed by atoms with Crippen molar-refractivity contribution in [2.45, 2.75) is 71.6 Å². The Balaban J connectivity index is 2.22. The Kier molecular flexibility index (Phi) is 10.8. The second-order valence-electron chi connectivity index (χ2n) is 7.56. The summed E-state index contributed by atoms with van der Waals surface area (Å²) in [6, 6.07) is 2.59. The third-order valence-corrected chi connectivity index (χ3v) is 6.86. The van der Waals surface area contributed by atoms with E-state index in [2.05, 4.69) is 24.5 Å². The van der Waals surface area contributed by atoms with Crippen molar-refractivity contribution in [2.24, 2.45) is 0 Å². The molecule has 0 saturated heterocycles. The molecule has 1 aromatic carbocycles. The van der Waals surface area contributed by atoms with Crippen LogP contribution < -0.4 is 15.4 Å². The van der Waals surface area contributed by atoms with Crippen LogP contribution in [-0.2, 0) is 9.59 Å². The van der Waals surface area contributed by atoms with Gasteiger partial charge in [0.1, 0.15) is 17.4 Å². The highest BCUT2D eigenvalue weighted by molar-refractivity contribution is 7.38. The Bertz CT molecular complexity index is 816. The lowest BCUT2D eigenvalue weighted by Crippen LogP contribution is -2.30. The molecule has 5 nitrogen and oxygen atoms in total. The predicted octanol–water partition coefficient (Wildman–Crippen LogP) is 6.02. The summed E-state index contributed by atoms with van der Waals surface area (Å²) in [6.07, 6.45) is 6.38. The Labute approximate surface area is 191 Å². The fourth-order valence-corrected chi connectivity index (χ4v) is 4.60. The van der Waals surface area contributed by atoms with E-state index < -0.39 is 11.7 Å². The van der Waals surface area contributed by atoms with Gasteiger partial charge in [-0.05, 0) is 50.8 Å². The zero-order valence-corrected chi connectivity index (χ0v) is 20.3. The van der Waals surface area contributed by atoms with Crippen LogP contribution in [0.2, 0.25) is 5.02 Å². The van der Waals surface area contributed by atoms with E-state index in [0.29, 0.717) is 44.9 Å². The number of unbranched alkanes of at least 4 members (excludes halogenated alkanes) is 1. The molecule has 2 N–H and O–H groups in total. The van der Waals surface area contributed by atoms with Gasteiger partial charge in [0, 0.05) is 23.8 Å². The van der Waals surface area contributed by atoms with E-state index in [0.717, 1.165) is 44.3 Å². The molecule has 0 radical (unpaired) electrons. The van der Waals surface area contributed by atoms with E-state index in [4.69, 9.17) is 16.3 Å². The van der Waals surface area contributed by atoms with Gasteiger partial charge in [0.25, 0.3) is 5.91 Å². The number of carbonyl (C=O) groups is 2. The van der Waals surface area contributed by atoms with Gasteiger partial charge < -0.3 is 15.4 Å². The van der Waals surface area contributed by atoms with Gasteiger partial charge >= 0.3 is 0 Å². The second kappa shape index (κ2) is 13.0. The SMILES string of the molecule is CCCCNC(=O)C1=C(C(=O)Nc2cc(OC(CC)PCC)c(Cl)cc2F)CCCC1. The zero-order chi connectivity index (χ0) is 22.8. The van der Waals surface area contributed by atoms with Gasteiger partial charge in [-0.25, -0.2) is 4.39 Å². The number of hydrogen-bond donors (Lipinski definition) is 2. The number of carbonyl (C=O) groups excluding carboxylic acids is 2. The van der Waals surface area contributed by atoms with Crippen LogP contribution in [0.5, 0.6) is 5.75 Å². The molecule has 2 amide bonds. The molecule has 8 heteroatoms. The summed E-state index contributed by atoms with van der Waals surface area (Å²) >= 11 is 6.18. The number of amides is 2. The van der Waals surface area contributed by atoms with Crippen LogP contribution in [0.3, 0.4) is 0 Å². The summed E-state index contributed by atoms with van der Waals surface area (Å²) in [5.41, 5.74) is 0.930. The first kappa shape index (κ1) is 25.6. The van der Waals surface area contributed by atoms with Crippen LogP contribution in [0.15, 0.2) is 23.3 Å². The summed E-state index contributed by atoms with van der Waals surface area (Å²) in [5.74, 6) is -0.945. The Morgan fingerprint density at radius 3 is 2.45 bits per heavy atom. The molecule has 172 valence electrons. The average molecular weight is 471 g/mol. The molecular weight excluding hydrogens is 438 g/mol. The fourth-order valence-electron chi connectivity index (χ4n) is 3.46. The van der Waals surface area contributed by atoms with E-state index in [-0.39, 0.29) is 22.5 Å². The molecule has 2 rings (SSSR count). The monoisotopic (exact) mass is 470 g/mol. The third kappa shape index (κ3) is 7.47. The first-order chi connectivity index (χ1) is 14.9. The largest absolute Gasteiger partial charge is 0.485 e. The minimum absolute atomic E-state index is 0.00268. The molecule has 1 aliphatic carbocycles. The summed E-state index contributed by atoms with van der Waals surface area (Å²) in [6.45, 7) is 6.73. The standard InChI is InChI=1S/C23H33ClFN2O3P/c1-4-7-12-26-22(28)15-10-8-9-11-16(15)23(29)27-19-14-20(17(24)13-18(19)25)30-21(5-2)31-6-3/h13-14,21,31H,4-12H2,1-3H3,(H,26,28)(H,27,29). The van der Waals surface area contributed by atoms with Gasteiger partial charge in [-0.15, -0.1) is 0 Å². The van der Waals surface area contributed by atoms with Crippen molar-refractivity contribution < 1.29 is 18.7 Å². The lowest BCUT2D eigenvalue weighted by Gasteiger charge is -2.21. The van der Waals surface area contributed by atoms with E-state index in [1.165, 1.54) is 6.07 Å². The topological polar surface area (TPSA) is 67.4 Å². The lowest BCUT2D eigenvalue weighted by molar-refractivity contribution is -0.119. The highest BCUT2D eigenvalue weighted by atomic mass is 35.5. The third-order valence-electron chi connectivity index (χ3n) is 5.17. The van der Waals surface area contributed by atoms with E-state index in [1.807, 2.05) is 6.92 Å². The highest BCUT2D eigenvalue weighted by Gasteiger charge is 2.25. The van der Waals surface area contributed by atoms with Crippen molar-refractivity contribution >= 4 is 37.7 Å². The molecule has 2 atom stereocenters. The van der Waals surface area contributed by atoms with E-state index in [9.17, 15) is 14.0 Å². The van der Waals surface area contributed by atoms with Crippen molar-refractivity contribution in [1.29, 1.82) is 0 Å². The number of halogens is 2. The molecule has 0 bridgehead atoms. The van der Waals surface area contributed by atoms with E-state index >= 15 is 0 Å². The van der Waals surface area contributed by atoms with Gasteiger partial charge in [0.05, 0.1) is 10.7 Å². The zero-order valence-electron chi connectivity index (χ0n) is 18.6. The minimum atomic E-state index is -0.637. The Morgan fingerprint density at radius 1 is 1.16 bits per heavy atom. The van der Waals surface area contributed by atoms with Crippen LogP contribution in [0.25, 0.3) is 0 Å². The molecule has 1 aliphatic rings. The first-order valence-electron chi connectivity index (χ1n) is 11.1. The second-order valence-corrected chi connectivity index (χ2v) is 9.73. The number of anilines is 1.